The highest BCUT2D eigenvalue weighted by atomic mass is 16.3. The van der Waals surface area contributed by atoms with Crippen molar-refractivity contribution in [2.24, 2.45) is 5.41 Å². The minimum absolute atomic E-state index is 0.267. The van der Waals surface area contributed by atoms with E-state index in [1.165, 1.54) is 25.7 Å². The van der Waals surface area contributed by atoms with Gasteiger partial charge in [0.25, 0.3) is 0 Å². The predicted octanol–water partition coefficient (Wildman–Crippen LogP) is 2.32. The van der Waals surface area contributed by atoms with Crippen LogP contribution in [0.3, 0.4) is 0 Å². The monoisotopic (exact) mass is 199 g/mol. The molecule has 0 radical (unpaired) electrons. The van der Waals surface area contributed by atoms with E-state index < -0.39 is 0 Å². The first-order valence-corrected chi connectivity index (χ1v) is 5.97. The maximum atomic E-state index is 9.16. The summed E-state index contributed by atoms with van der Waals surface area (Å²) in [6, 6.07) is 0.880. The Bertz CT molecular complexity index is 164. The normalized spacial score (nSPS) is 28.7. The van der Waals surface area contributed by atoms with Gasteiger partial charge in [-0.25, -0.2) is 0 Å². The van der Waals surface area contributed by atoms with Crippen molar-refractivity contribution in [2.45, 2.75) is 65.0 Å². The fraction of sp³-hybridized carbons (Fsp3) is 1.00. The third kappa shape index (κ3) is 2.96. The average Bonchev–Trinajstić information content (AvgIpc) is 2.16. The molecule has 2 nitrogen and oxygen atoms in total. The van der Waals surface area contributed by atoms with Crippen molar-refractivity contribution in [1.29, 1.82) is 0 Å². The van der Waals surface area contributed by atoms with E-state index in [1.807, 2.05) is 0 Å². The summed E-state index contributed by atoms with van der Waals surface area (Å²) in [5.74, 6) is 0. The number of aliphatic hydroxyl groups is 1. The van der Waals surface area contributed by atoms with Gasteiger partial charge in [-0.1, -0.05) is 33.6 Å². The standard InChI is InChI=1S/C12H25NO/c1-4-10(9-14)13-11-7-5-6-8-12(11,2)3/h10-11,13-14H,4-9H2,1-3H3/t10-,11?/m1/s1. The lowest BCUT2D eigenvalue weighted by Crippen LogP contribution is -2.49. The molecule has 0 amide bonds. The van der Waals surface area contributed by atoms with Gasteiger partial charge in [-0.15, -0.1) is 0 Å². The van der Waals surface area contributed by atoms with Crippen LogP contribution in [0.5, 0.6) is 0 Å². The Balaban J connectivity index is 2.48. The van der Waals surface area contributed by atoms with E-state index in [4.69, 9.17) is 5.11 Å². The van der Waals surface area contributed by atoms with E-state index in [0.717, 1.165) is 6.42 Å². The molecule has 1 aliphatic rings. The molecule has 0 aliphatic heterocycles. The van der Waals surface area contributed by atoms with Gasteiger partial charge in [0, 0.05) is 12.1 Å². The molecule has 1 aliphatic carbocycles. The highest BCUT2D eigenvalue weighted by Gasteiger charge is 2.32. The second-order valence-electron chi connectivity index (χ2n) is 5.24. The zero-order chi connectivity index (χ0) is 10.6. The largest absolute Gasteiger partial charge is 0.395 e. The molecule has 2 heteroatoms. The maximum absolute atomic E-state index is 9.16. The molecule has 1 rings (SSSR count). The number of aliphatic hydroxyl groups excluding tert-OH is 1. The first-order chi connectivity index (χ1) is 6.60. The summed E-state index contributed by atoms with van der Waals surface area (Å²) in [5, 5.41) is 12.8. The summed E-state index contributed by atoms with van der Waals surface area (Å²) in [5.41, 5.74) is 0.404. The number of nitrogens with one attached hydrogen (secondary N) is 1. The molecular formula is C12H25NO. The zero-order valence-corrected chi connectivity index (χ0v) is 9.84. The van der Waals surface area contributed by atoms with Crippen LogP contribution in [-0.2, 0) is 0 Å². The molecule has 2 N–H and O–H groups in total. The molecule has 1 fully saturated rings. The molecule has 2 atom stereocenters. The van der Waals surface area contributed by atoms with Gasteiger partial charge in [0.15, 0.2) is 0 Å². The Kier molecular flexibility index (Phi) is 4.39. The summed E-state index contributed by atoms with van der Waals surface area (Å²) in [6.45, 7) is 7.08. The third-order valence-electron chi connectivity index (χ3n) is 3.66. The van der Waals surface area contributed by atoms with E-state index in [-0.39, 0.29) is 12.6 Å². The van der Waals surface area contributed by atoms with E-state index in [0.29, 0.717) is 11.5 Å². The Morgan fingerprint density at radius 2 is 2.14 bits per heavy atom. The average molecular weight is 199 g/mol. The molecular weight excluding hydrogens is 174 g/mol. The van der Waals surface area contributed by atoms with Crippen molar-refractivity contribution in [1.82, 2.24) is 5.32 Å². The second kappa shape index (κ2) is 5.13. The van der Waals surface area contributed by atoms with Gasteiger partial charge < -0.3 is 10.4 Å². The van der Waals surface area contributed by atoms with Crippen LogP contribution in [-0.4, -0.2) is 23.8 Å². The highest BCUT2D eigenvalue weighted by molar-refractivity contribution is 4.89. The number of hydrogen-bond acceptors (Lipinski definition) is 2. The van der Waals surface area contributed by atoms with Crippen LogP contribution in [0.15, 0.2) is 0 Å². The first-order valence-electron chi connectivity index (χ1n) is 5.97. The smallest absolute Gasteiger partial charge is 0.0584 e. The minimum atomic E-state index is 0.267. The lowest BCUT2D eigenvalue weighted by molar-refractivity contribution is 0.133. The van der Waals surface area contributed by atoms with Crippen LogP contribution in [0, 0.1) is 5.41 Å². The SMILES string of the molecule is CC[C@H](CO)NC1CCCCC1(C)C. The van der Waals surface area contributed by atoms with Crippen LogP contribution in [0.4, 0.5) is 0 Å². The Hall–Kier alpha value is -0.0800. The zero-order valence-electron chi connectivity index (χ0n) is 9.84. The number of hydrogen-bond donors (Lipinski definition) is 2. The molecule has 0 saturated heterocycles. The van der Waals surface area contributed by atoms with Gasteiger partial charge in [-0.3, -0.25) is 0 Å². The van der Waals surface area contributed by atoms with Crippen molar-refractivity contribution in [3.05, 3.63) is 0 Å². The minimum Gasteiger partial charge on any atom is -0.395 e. The van der Waals surface area contributed by atoms with Gasteiger partial charge in [0.1, 0.15) is 0 Å². The van der Waals surface area contributed by atoms with E-state index in [1.54, 1.807) is 0 Å². The Labute approximate surface area is 88.1 Å². The van der Waals surface area contributed by atoms with Crippen LogP contribution >= 0.6 is 0 Å². The molecule has 0 aromatic heterocycles. The fourth-order valence-corrected chi connectivity index (χ4v) is 2.39. The molecule has 84 valence electrons. The molecule has 0 bridgehead atoms. The lowest BCUT2D eigenvalue weighted by Gasteiger charge is -2.41. The van der Waals surface area contributed by atoms with Gasteiger partial charge in [-0.2, -0.15) is 0 Å². The Morgan fingerprint density at radius 1 is 1.43 bits per heavy atom. The van der Waals surface area contributed by atoms with Crippen LogP contribution in [0.25, 0.3) is 0 Å². The van der Waals surface area contributed by atoms with Crippen molar-refractivity contribution < 1.29 is 5.11 Å². The summed E-state index contributed by atoms with van der Waals surface area (Å²) < 4.78 is 0. The second-order valence-corrected chi connectivity index (χ2v) is 5.24. The quantitative estimate of drug-likeness (QED) is 0.728. The lowest BCUT2D eigenvalue weighted by atomic mass is 9.73. The van der Waals surface area contributed by atoms with Crippen molar-refractivity contribution in [3.8, 4) is 0 Å². The van der Waals surface area contributed by atoms with Gasteiger partial charge in [-0.05, 0) is 24.7 Å². The molecule has 0 spiro atoms. The van der Waals surface area contributed by atoms with Gasteiger partial charge >= 0.3 is 0 Å². The van der Waals surface area contributed by atoms with Crippen molar-refractivity contribution >= 4 is 0 Å². The number of rotatable bonds is 4. The summed E-state index contributed by atoms with van der Waals surface area (Å²) in [4.78, 5) is 0. The van der Waals surface area contributed by atoms with Crippen molar-refractivity contribution in [2.75, 3.05) is 6.61 Å². The summed E-state index contributed by atoms with van der Waals surface area (Å²) in [6.07, 6.45) is 6.29. The predicted molar refractivity (Wildman–Crippen MR) is 60.3 cm³/mol. The third-order valence-corrected chi connectivity index (χ3v) is 3.66. The highest BCUT2D eigenvalue weighted by Crippen LogP contribution is 2.35. The van der Waals surface area contributed by atoms with Gasteiger partial charge in [0.05, 0.1) is 6.61 Å². The maximum Gasteiger partial charge on any atom is 0.0584 e. The van der Waals surface area contributed by atoms with E-state index in [9.17, 15) is 0 Å². The molecule has 0 aromatic rings. The molecule has 14 heavy (non-hydrogen) atoms. The summed E-state index contributed by atoms with van der Waals surface area (Å²) >= 11 is 0. The van der Waals surface area contributed by atoms with Crippen molar-refractivity contribution in [3.63, 3.8) is 0 Å². The molecule has 0 aromatic carbocycles. The van der Waals surface area contributed by atoms with E-state index in [2.05, 4.69) is 26.1 Å². The van der Waals surface area contributed by atoms with Crippen LogP contribution in [0.1, 0.15) is 52.9 Å². The molecule has 0 heterocycles. The van der Waals surface area contributed by atoms with Crippen LogP contribution in [0.2, 0.25) is 0 Å². The van der Waals surface area contributed by atoms with Gasteiger partial charge in [0.2, 0.25) is 0 Å². The fourth-order valence-electron chi connectivity index (χ4n) is 2.39. The topological polar surface area (TPSA) is 32.3 Å². The van der Waals surface area contributed by atoms with E-state index >= 15 is 0 Å². The Morgan fingerprint density at radius 3 is 2.64 bits per heavy atom. The first kappa shape index (κ1) is 12.0. The summed E-state index contributed by atoms with van der Waals surface area (Å²) in [7, 11) is 0. The molecule has 1 saturated carbocycles. The molecule has 1 unspecified atom stereocenters. The van der Waals surface area contributed by atoms with Crippen LogP contribution < -0.4 is 5.32 Å².